The van der Waals surface area contributed by atoms with Crippen LogP contribution in [0, 0.1) is 11.8 Å². The summed E-state index contributed by atoms with van der Waals surface area (Å²) in [6, 6.07) is 0.596. The highest BCUT2D eigenvalue weighted by molar-refractivity contribution is 14.0. The molecule has 1 unspecified atom stereocenters. The van der Waals surface area contributed by atoms with E-state index in [9.17, 15) is 4.79 Å². The molecule has 3 N–H and O–H groups in total. The summed E-state index contributed by atoms with van der Waals surface area (Å²) in [5, 5.41) is 10.1. The molecule has 1 aliphatic heterocycles. The molecular formula is C23H46IN5O2. The number of aliphatic imine (C=N–C) groups is 1. The topological polar surface area (TPSA) is 78.0 Å². The molecule has 1 aliphatic carbocycles. The minimum absolute atomic E-state index is 0. The molecule has 1 saturated heterocycles. The van der Waals surface area contributed by atoms with Gasteiger partial charge in [-0.1, -0.05) is 13.8 Å². The van der Waals surface area contributed by atoms with Crippen molar-refractivity contribution in [1.82, 2.24) is 20.9 Å². The van der Waals surface area contributed by atoms with Crippen molar-refractivity contribution in [1.29, 1.82) is 0 Å². The molecule has 182 valence electrons. The third kappa shape index (κ3) is 11.6. The predicted octanol–water partition coefficient (Wildman–Crippen LogP) is 3.97. The van der Waals surface area contributed by atoms with Gasteiger partial charge in [0.1, 0.15) is 5.60 Å². The zero-order valence-corrected chi connectivity index (χ0v) is 22.8. The van der Waals surface area contributed by atoms with Gasteiger partial charge in [0, 0.05) is 38.8 Å². The van der Waals surface area contributed by atoms with E-state index in [-0.39, 0.29) is 36.1 Å². The minimum atomic E-state index is -0.453. The SMILES string of the molecule is CN=C(NCC1CCCN(CC(C)C)C1)NC1CCC(NC(=O)OC(C)(C)C)CC1.I. The maximum atomic E-state index is 12.0. The monoisotopic (exact) mass is 551 g/mol. The van der Waals surface area contributed by atoms with Crippen molar-refractivity contribution >= 4 is 36.0 Å². The van der Waals surface area contributed by atoms with Crippen molar-refractivity contribution < 1.29 is 9.53 Å². The number of likely N-dealkylation sites (tertiary alicyclic amines) is 1. The summed E-state index contributed by atoms with van der Waals surface area (Å²) in [4.78, 5) is 19.0. The largest absolute Gasteiger partial charge is 0.444 e. The van der Waals surface area contributed by atoms with Crippen molar-refractivity contribution in [3.05, 3.63) is 0 Å². The first kappa shape index (κ1) is 28.3. The fourth-order valence-electron chi connectivity index (χ4n) is 4.49. The van der Waals surface area contributed by atoms with Crippen molar-refractivity contribution in [2.75, 3.05) is 33.2 Å². The van der Waals surface area contributed by atoms with Gasteiger partial charge in [0.15, 0.2) is 5.96 Å². The van der Waals surface area contributed by atoms with Crippen LogP contribution < -0.4 is 16.0 Å². The number of hydrogen-bond acceptors (Lipinski definition) is 4. The molecular weight excluding hydrogens is 505 g/mol. The summed E-state index contributed by atoms with van der Waals surface area (Å²) in [5.41, 5.74) is -0.453. The smallest absolute Gasteiger partial charge is 0.407 e. The van der Waals surface area contributed by atoms with Crippen LogP contribution in [0.5, 0.6) is 0 Å². The number of carbonyl (C=O) groups excluding carboxylic acids is 1. The second-order valence-corrected chi connectivity index (χ2v) is 10.5. The van der Waals surface area contributed by atoms with Gasteiger partial charge >= 0.3 is 6.09 Å². The molecule has 2 aliphatic rings. The number of halogens is 1. The van der Waals surface area contributed by atoms with Gasteiger partial charge in [0.05, 0.1) is 0 Å². The van der Waals surface area contributed by atoms with Crippen LogP contribution in [-0.2, 0) is 4.74 Å². The van der Waals surface area contributed by atoms with Crippen LogP contribution in [0.1, 0.15) is 73.1 Å². The average molecular weight is 552 g/mol. The van der Waals surface area contributed by atoms with Crippen LogP contribution >= 0.6 is 24.0 Å². The van der Waals surface area contributed by atoms with E-state index in [0.29, 0.717) is 12.0 Å². The molecule has 7 nitrogen and oxygen atoms in total. The third-order valence-corrected chi connectivity index (χ3v) is 5.80. The highest BCUT2D eigenvalue weighted by Gasteiger charge is 2.26. The maximum Gasteiger partial charge on any atom is 0.407 e. The molecule has 31 heavy (non-hydrogen) atoms. The Morgan fingerprint density at radius 3 is 2.26 bits per heavy atom. The number of guanidine groups is 1. The van der Waals surface area contributed by atoms with Crippen LogP contribution in [0.4, 0.5) is 4.79 Å². The molecule has 0 bridgehead atoms. The first-order chi connectivity index (χ1) is 14.1. The van der Waals surface area contributed by atoms with Crippen molar-refractivity contribution in [3.8, 4) is 0 Å². The second kappa shape index (κ2) is 13.7. The van der Waals surface area contributed by atoms with Crippen molar-refractivity contribution in [2.45, 2.75) is 90.8 Å². The number of ether oxygens (including phenoxy) is 1. The van der Waals surface area contributed by atoms with Crippen LogP contribution in [-0.4, -0.2) is 67.9 Å². The minimum Gasteiger partial charge on any atom is -0.444 e. The molecule has 1 heterocycles. The highest BCUT2D eigenvalue weighted by Crippen LogP contribution is 2.20. The van der Waals surface area contributed by atoms with Crippen LogP contribution in [0.2, 0.25) is 0 Å². The van der Waals surface area contributed by atoms with Crippen molar-refractivity contribution in [2.24, 2.45) is 16.8 Å². The Bertz CT molecular complexity index is 557. The average Bonchev–Trinajstić information content (AvgIpc) is 2.64. The first-order valence-corrected chi connectivity index (χ1v) is 11.8. The molecule has 2 fully saturated rings. The summed E-state index contributed by atoms with van der Waals surface area (Å²) >= 11 is 0. The van der Waals surface area contributed by atoms with E-state index >= 15 is 0 Å². The number of alkyl carbamates (subject to hydrolysis) is 1. The zero-order chi connectivity index (χ0) is 22.1. The van der Waals surface area contributed by atoms with E-state index in [1.165, 1.54) is 32.5 Å². The van der Waals surface area contributed by atoms with Gasteiger partial charge in [-0.2, -0.15) is 0 Å². The molecule has 0 radical (unpaired) electrons. The lowest BCUT2D eigenvalue weighted by Crippen LogP contribution is -2.49. The molecule has 1 atom stereocenters. The van der Waals surface area contributed by atoms with Gasteiger partial charge in [-0.25, -0.2) is 4.79 Å². The predicted molar refractivity (Wildman–Crippen MR) is 139 cm³/mol. The Labute approximate surface area is 206 Å². The maximum absolute atomic E-state index is 12.0. The Hall–Kier alpha value is -0.770. The quantitative estimate of drug-likeness (QED) is 0.265. The molecule has 8 heteroatoms. The van der Waals surface area contributed by atoms with Gasteiger partial charge in [0.2, 0.25) is 0 Å². The number of nitrogens with one attached hydrogen (secondary N) is 3. The Kier molecular flexibility index (Phi) is 12.5. The third-order valence-electron chi connectivity index (χ3n) is 5.80. The van der Waals surface area contributed by atoms with Gasteiger partial charge in [-0.3, -0.25) is 4.99 Å². The lowest BCUT2D eigenvalue weighted by molar-refractivity contribution is 0.0490. The number of nitrogens with zero attached hydrogens (tertiary/aromatic N) is 2. The zero-order valence-electron chi connectivity index (χ0n) is 20.5. The summed E-state index contributed by atoms with van der Waals surface area (Å²) in [6.45, 7) is 14.9. The number of piperidine rings is 1. The van der Waals surface area contributed by atoms with E-state index in [0.717, 1.165) is 44.1 Å². The van der Waals surface area contributed by atoms with E-state index in [1.54, 1.807) is 0 Å². The van der Waals surface area contributed by atoms with Crippen molar-refractivity contribution in [3.63, 3.8) is 0 Å². The Morgan fingerprint density at radius 1 is 1.10 bits per heavy atom. The van der Waals surface area contributed by atoms with E-state index in [1.807, 2.05) is 27.8 Å². The molecule has 0 aromatic heterocycles. The second-order valence-electron chi connectivity index (χ2n) is 10.5. The molecule has 0 aromatic rings. The summed E-state index contributed by atoms with van der Waals surface area (Å²) in [6.07, 6.45) is 6.23. The molecule has 0 aromatic carbocycles. The summed E-state index contributed by atoms with van der Waals surface area (Å²) < 4.78 is 5.37. The number of hydrogen-bond donors (Lipinski definition) is 3. The molecule has 1 amide bonds. The van der Waals surface area contributed by atoms with Gasteiger partial charge in [-0.05, 0) is 77.7 Å². The molecule has 1 saturated carbocycles. The lowest BCUT2D eigenvalue weighted by Gasteiger charge is -2.34. The van der Waals surface area contributed by atoms with Crippen LogP contribution in [0.25, 0.3) is 0 Å². The fourth-order valence-corrected chi connectivity index (χ4v) is 4.49. The van der Waals surface area contributed by atoms with E-state index in [4.69, 9.17) is 4.74 Å². The van der Waals surface area contributed by atoms with Crippen LogP contribution in [0.15, 0.2) is 4.99 Å². The Morgan fingerprint density at radius 2 is 1.71 bits per heavy atom. The highest BCUT2D eigenvalue weighted by atomic mass is 127. The summed E-state index contributed by atoms with van der Waals surface area (Å²) in [7, 11) is 1.84. The van der Waals surface area contributed by atoms with E-state index < -0.39 is 5.60 Å². The number of rotatable bonds is 6. The fraction of sp³-hybridized carbons (Fsp3) is 0.913. The number of amides is 1. The number of carbonyl (C=O) groups is 1. The lowest BCUT2D eigenvalue weighted by atomic mass is 9.91. The Balaban J connectivity index is 0.00000480. The van der Waals surface area contributed by atoms with Gasteiger partial charge in [-0.15, -0.1) is 24.0 Å². The van der Waals surface area contributed by atoms with Gasteiger partial charge < -0.3 is 25.6 Å². The normalized spacial score (nSPS) is 25.5. The van der Waals surface area contributed by atoms with E-state index in [2.05, 4.69) is 39.7 Å². The van der Waals surface area contributed by atoms with Gasteiger partial charge in [0.25, 0.3) is 0 Å². The first-order valence-electron chi connectivity index (χ1n) is 11.8. The summed E-state index contributed by atoms with van der Waals surface area (Å²) in [5.74, 6) is 2.32. The molecule has 2 rings (SSSR count). The molecule has 0 spiro atoms. The standard InChI is InChI=1S/C23H45N5O2.HI/c1-17(2)15-28-13-7-8-18(16-28)14-25-21(24-6)26-19-9-11-20(12-10-19)27-22(29)30-23(3,4)5;/h17-20H,7-16H2,1-6H3,(H,27,29)(H2,24,25,26);1H. The van der Waals surface area contributed by atoms with Crippen LogP contribution in [0.3, 0.4) is 0 Å².